The van der Waals surface area contributed by atoms with Gasteiger partial charge < -0.3 is 9.64 Å². The predicted molar refractivity (Wildman–Crippen MR) is 99.2 cm³/mol. The Kier molecular flexibility index (Phi) is 5.03. The SMILES string of the molecule is CCOC(=O)CCC1C2CC1CN(c1nc(SC)nc3c1CCC3(F)F)C2. The molecule has 2 aliphatic heterocycles. The lowest BCUT2D eigenvalue weighted by molar-refractivity contribution is -0.144. The summed E-state index contributed by atoms with van der Waals surface area (Å²) in [6.07, 6.45) is 4.46. The molecule has 2 atom stereocenters. The van der Waals surface area contributed by atoms with Crippen molar-refractivity contribution in [2.24, 2.45) is 17.8 Å². The van der Waals surface area contributed by atoms with E-state index in [1.165, 1.54) is 11.8 Å². The molecule has 5 nitrogen and oxygen atoms in total. The summed E-state index contributed by atoms with van der Waals surface area (Å²) >= 11 is 1.31. The second-order valence-electron chi connectivity index (χ2n) is 7.73. The zero-order chi connectivity index (χ0) is 19.2. The maximum atomic E-state index is 14.2. The highest BCUT2D eigenvalue weighted by molar-refractivity contribution is 7.98. The Morgan fingerprint density at radius 1 is 1.33 bits per heavy atom. The van der Waals surface area contributed by atoms with Crippen LogP contribution in [0.2, 0.25) is 0 Å². The molecule has 8 heteroatoms. The molecular weight excluding hydrogens is 372 g/mol. The fourth-order valence-electron chi connectivity index (χ4n) is 4.89. The average Bonchev–Trinajstić information content (AvgIpc) is 2.96. The number of piperidine rings is 2. The van der Waals surface area contributed by atoms with E-state index in [9.17, 15) is 13.6 Å². The first-order valence-electron chi connectivity index (χ1n) is 9.66. The van der Waals surface area contributed by atoms with Gasteiger partial charge >= 0.3 is 5.97 Å². The van der Waals surface area contributed by atoms with Gasteiger partial charge in [-0.25, -0.2) is 9.97 Å². The molecule has 0 amide bonds. The van der Waals surface area contributed by atoms with Gasteiger partial charge in [0.1, 0.15) is 11.5 Å². The monoisotopic (exact) mass is 397 g/mol. The van der Waals surface area contributed by atoms with Crippen LogP contribution in [0.1, 0.15) is 43.9 Å². The molecule has 0 spiro atoms. The number of rotatable bonds is 6. The van der Waals surface area contributed by atoms with Crippen LogP contribution in [0.25, 0.3) is 0 Å². The van der Waals surface area contributed by atoms with Gasteiger partial charge in [-0.2, -0.15) is 8.78 Å². The molecule has 0 radical (unpaired) electrons. The van der Waals surface area contributed by atoms with Gasteiger partial charge in [0.15, 0.2) is 5.16 Å². The summed E-state index contributed by atoms with van der Waals surface area (Å²) in [6, 6.07) is 0. The third-order valence-electron chi connectivity index (χ3n) is 6.20. The number of esters is 1. The number of aromatic nitrogens is 2. The van der Waals surface area contributed by atoms with Crippen molar-refractivity contribution in [1.82, 2.24) is 9.97 Å². The number of ether oxygens (including phenoxy) is 1. The molecule has 1 aromatic heterocycles. The number of thioether (sulfide) groups is 1. The molecule has 27 heavy (non-hydrogen) atoms. The Balaban J connectivity index is 1.48. The molecule has 5 rings (SSSR count). The van der Waals surface area contributed by atoms with E-state index in [2.05, 4.69) is 14.9 Å². The number of hydrogen-bond donors (Lipinski definition) is 0. The summed E-state index contributed by atoms with van der Waals surface area (Å²) in [5.41, 5.74) is 0.553. The molecule has 0 aromatic carbocycles. The third kappa shape index (κ3) is 3.41. The first kappa shape index (κ1) is 18.9. The number of alkyl halides is 2. The first-order valence-corrected chi connectivity index (χ1v) is 10.9. The quantitative estimate of drug-likeness (QED) is 0.415. The van der Waals surface area contributed by atoms with Crippen LogP contribution in [-0.2, 0) is 21.9 Å². The minimum absolute atomic E-state index is 0.0741. The van der Waals surface area contributed by atoms with E-state index in [4.69, 9.17) is 4.74 Å². The number of hydrogen-bond acceptors (Lipinski definition) is 6. The molecular formula is C19H25F2N3O2S. The second kappa shape index (κ2) is 7.18. The Labute approximate surface area is 162 Å². The molecule has 2 unspecified atom stereocenters. The Hall–Kier alpha value is -1.44. The van der Waals surface area contributed by atoms with Crippen molar-refractivity contribution in [1.29, 1.82) is 0 Å². The lowest BCUT2D eigenvalue weighted by atomic mass is 9.60. The van der Waals surface area contributed by atoms with Crippen molar-refractivity contribution in [3.63, 3.8) is 0 Å². The van der Waals surface area contributed by atoms with E-state index in [-0.39, 0.29) is 18.1 Å². The Morgan fingerprint density at radius 2 is 2.07 bits per heavy atom. The lowest BCUT2D eigenvalue weighted by Gasteiger charge is -2.54. The van der Waals surface area contributed by atoms with Crippen molar-refractivity contribution >= 4 is 23.5 Å². The smallest absolute Gasteiger partial charge is 0.305 e. The van der Waals surface area contributed by atoms with Crippen molar-refractivity contribution in [3.8, 4) is 0 Å². The maximum absolute atomic E-state index is 14.2. The van der Waals surface area contributed by atoms with Crippen LogP contribution in [0.4, 0.5) is 14.6 Å². The topological polar surface area (TPSA) is 55.3 Å². The summed E-state index contributed by atoms with van der Waals surface area (Å²) in [6.45, 7) is 3.89. The van der Waals surface area contributed by atoms with Gasteiger partial charge in [0.05, 0.1) is 6.61 Å². The molecule has 148 valence electrons. The van der Waals surface area contributed by atoms with Crippen LogP contribution in [-0.4, -0.2) is 41.9 Å². The van der Waals surface area contributed by atoms with E-state index in [0.29, 0.717) is 53.7 Å². The zero-order valence-electron chi connectivity index (χ0n) is 15.7. The molecule has 2 saturated heterocycles. The van der Waals surface area contributed by atoms with Crippen LogP contribution in [0.5, 0.6) is 0 Å². The molecule has 0 N–H and O–H groups in total. The summed E-state index contributed by atoms with van der Waals surface area (Å²) in [5.74, 6) is -0.730. The van der Waals surface area contributed by atoms with E-state index in [1.54, 1.807) is 0 Å². The van der Waals surface area contributed by atoms with Gasteiger partial charge in [0, 0.05) is 31.5 Å². The highest BCUT2D eigenvalue weighted by atomic mass is 32.2. The van der Waals surface area contributed by atoms with Gasteiger partial charge in [0.25, 0.3) is 5.92 Å². The van der Waals surface area contributed by atoms with Crippen molar-refractivity contribution in [2.75, 3.05) is 30.9 Å². The van der Waals surface area contributed by atoms with Crippen LogP contribution < -0.4 is 4.90 Å². The highest BCUT2D eigenvalue weighted by Crippen LogP contribution is 2.50. The zero-order valence-corrected chi connectivity index (χ0v) is 16.5. The lowest BCUT2D eigenvalue weighted by Crippen LogP contribution is -2.55. The van der Waals surface area contributed by atoms with Gasteiger partial charge in [-0.1, -0.05) is 11.8 Å². The minimum Gasteiger partial charge on any atom is -0.466 e. The van der Waals surface area contributed by atoms with Crippen LogP contribution >= 0.6 is 11.8 Å². The summed E-state index contributed by atoms with van der Waals surface area (Å²) in [7, 11) is 0. The normalized spacial score (nSPS) is 27.9. The molecule has 4 aliphatic rings. The standard InChI is InChI=1S/C19H25F2N3O2S/c1-3-26-15(25)5-4-13-11-8-12(13)10-24(9-11)17-14-6-7-19(20,21)16(14)22-18(23-17)27-2/h11-13H,3-10H2,1-2H3. The maximum Gasteiger partial charge on any atom is 0.305 e. The summed E-state index contributed by atoms with van der Waals surface area (Å²) in [4.78, 5) is 22.5. The number of fused-ring (bicyclic) bond motifs is 3. The summed E-state index contributed by atoms with van der Waals surface area (Å²) in [5, 5.41) is 0.420. The summed E-state index contributed by atoms with van der Waals surface area (Å²) < 4.78 is 33.5. The fraction of sp³-hybridized carbons (Fsp3) is 0.737. The molecule has 2 aliphatic carbocycles. The number of carbonyl (C=O) groups is 1. The van der Waals surface area contributed by atoms with E-state index < -0.39 is 5.92 Å². The Morgan fingerprint density at radius 3 is 2.74 bits per heavy atom. The van der Waals surface area contributed by atoms with E-state index in [1.807, 2.05) is 13.2 Å². The molecule has 1 aromatic rings. The van der Waals surface area contributed by atoms with Crippen molar-refractivity contribution in [3.05, 3.63) is 11.3 Å². The van der Waals surface area contributed by atoms with Gasteiger partial charge in [-0.15, -0.1) is 0 Å². The number of carbonyl (C=O) groups excluding carboxylic acids is 1. The average molecular weight is 397 g/mol. The molecule has 3 fully saturated rings. The van der Waals surface area contributed by atoms with Crippen LogP contribution in [0.15, 0.2) is 5.16 Å². The molecule has 2 bridgehead atoms. The van der Waals surface area contributed by atoms with Crippen LogP contribution in [0, 0.1) is 17.8 Å². The number of anilines is 1. The van der Waals surface area contributed by atoms with Gasteiger partial charge in [0.2, 0.25) is 0 Å². The van der Waals surface area contributed by atoms with E-state index >= 15 is 0 Å². The van der Waals surface area contributed by atoms with Crippen molar-refractivity contribution in [2.45, 2.75) is 50.1 Å². The van der Waals surface area contributed by atoms with Gasteiger partial charge in [-0.3, -0.25) is 4.79 Å². The fourth-order valence-corrected chi connectivity index (χ4v) is 5.25. The van der Waals surface area contributed by atoms with E-state index in [0.717, 1.165) is 25.9 Å². The number of nitrogens with zero attached hydrogens (tertiary/aromatic N) is 3. The first-order chi connectivity index (χ1) is 12.9. The second-order valence-corrected chi connectivity index (χ2v) is 8.51. The number of halogens is 2. The minimum atomic E-state index is -2.85. The largest absolute Gasteiger partial charge is 0.466 e. The van der Waals surface area contributed by atoms with Crippen LogP contribution in [0.3, 0.4) is 0 Å². The molecule has 1 saturated carbocycles. The predicted octanol–water partition coefficient (Wildman–Crippen LogP) is 3.65. The Bertz CT molecular complexity index is 734. The van der Waals surface area contributed by atoms with Crippen molar-refractivity contribution < 1.29 is 18.3 Å². The molecule has 3 heterocycles. The van der Waals surface area contributed by atoms with Gasteiger partial charge in [-0.05, 0) is 50.2 Å². The third-order valence-corrected chi connectivity index (χ3v) is 6.74. The highest BCUT2D eigenvalue weighted by Gasteiger charge is 2.49.